The second-order valence-corrected chi connectivity index (χ2v) is 9.01. The summed E-state index contributed by atoms with van der Waals surface area (Å²) in [7, 11) is 1.79. The van der Waals surface area contributed by atoms with Crippen LogP contribution in [0.25, 0.3) is 0 Å². The maximum absolute atomic E-state index is 12.9. The fourth-order valence-electron chi connectivity index (χ4n) is 4.08. The highest BCUT2D eigenvalue weighted by Gasteiger charge is 2.21. The van der Waals surface area contributed by atoms with Crippen molar-refractivity contribution in [3.05, 3.63) is 28.8 Å². The third-order valence-corrected chi connectivity index (χ3v) is 6.41. The zero-order valence-corrected chi connectivity index (χ0v) is 19.0. The second-order valence-electron chi connectivity index (χ2n) is 8.58. The Hall–Kier alpha value is -1.79. The third kappa shape index (κ3) is 6.35. The highest BCUT2D eigenvalue weighted by atomic mass is 35.5. The monoisotopic (exact) mass is 435 g/mol. The van der Waals surface area contributed by atoms with Crippen molar-refractivity contribution in [1.29, 1.82) is 0 Å². The molecule has 166 valence electrons. The molecule has 2 amide bonds. The molecule has 30 heavy (non-hydrogen) atoms. The molecule has 3 rings (SSSR count). The van der Waals surface area contributed by atoms with E-state index in [4.69, 9.17) is 16.3 Å². The highest BCUT2D eigenvalue weighted by Crippen LogP contribution is 2.25. The fraction of sp³-hybridized carbons (Fsp3) is 0.652. The molecule has 0 atom stereocenters. The summed E-state index contributed by atoms with van der Waals surface area (Å²) in [4.78, 5) is 31.7. The number of amides is 2. The molecule has 2 aliphatic heterocycles. The summed E-state index contributed by atoms with van der Waals surface area (Å²) in [6.45, 7) is 7.56. The zero-order chi connectivity index (χ0) is 21.5. The van der Waals surface area contributed by atoms with E-state index < -0.39 is 0 Å². The van der Waals surface area contributed by atoms with Crippen molar-refractivity contribution in [2.45, 2.75) is 39.0 Å². The molecule has 0 aliphatic carbocycles. The quantitative estimate of drug-likeness (QED) is 0.728. The van der Waals surface area contributed by atoms with Gasteiger partial charge in [-0.25, -0.2) is 0 Å². The SMILES string of the molecule is CC1CCN(CCC(=O)N2CCCCN(C)C(=O)c3cc(Cl)ccc3OCC2)CC1. The minimum Gasteiger partial charge on any atom is -0.491 e. The Morgan fingerprint density at radius 3 is 2.63 bits per heavy atom. The van der Waals surface area contributed by atoms with Gasteiger partial charge in [-0.2, -0.15) is 0 Å². The molecule has 0 aromatic heterocycles. The Bertz CT molecular complexity index is 734. The van der Waals surface area contributed by atoms with E-state index in [1.54, 1.807) is 30.1 Å². The lowest BCUT2D eigenvalue weighted by Crippen LogP contribution is -2.40. The summed E-state index contributed by atoms with van der Waals surface area (Å²) in [5.41, 5.74) is 0.475. The van der Waals surface area contributed by atoms with Crippen molar-refractivity contribution in [3.63, 3.8) is 0 Å². The van der Waals surface area contributed by atoms with Crippen LogP contribution in [0.5, 0.6) is 5.75 Å². The number of hydrogen-bond donors (Lipinski definition) is 0. The van der Waals surface area contributed by atoms with Crippen LogP contribution in [0.15, 0.2) is 18.2 Å². The van der Waals surface area contributed by atoms with E-state index >= 15 is 0 Å². The molecule has 0 unspecified atom stereocenters. The molecule has 7 heteroatoms. The number of carbonyl (C=O) groups excluding carboxylic acids is 2. The normalized spacial score (nSPS) is 20.2. The summed E-state index contributed by atoms with van der Waals surface area (Å²) in [6, 6.07) is 5.12. The molecule has 2 heterocycles. The molecule has 0 radical (unpaired) electrons. The van der Waals surface area contributed by atoms with Gasteiger partial charge in [0.2, 0.25) is 5.91 Å². The molecule has 0 saturated carbocycles. The molecule has 1 aromatic rings. The van der Waals surface area contributed by atoms with Gasteiger partial charge in [-0.15, -0.1) is 0 Å². The van der Waals surface area contributed by atoms with Gasteiger partial charge in [-0.3, -0.25) is 9.59 Å². The lowest BCUT2D eigenvalue weighted by atomic mass is 9.99. The van der Waals surface area contributed by atoms with Crippen molar-refractivity contribution < 1.29 is 14.3 Å². The maximum Gasteiger partial charge on any atom is 0.257 e. The van der Waals surface area contributed by atoms with Gasteiger partial charge in [0.05, 0.1) is 12.1 Å². The lowest BCUT2D eigenvalue weighted by Gasteiger charge is -2.31. The Labute approximate surface area is 185 Å². The van der Waals surface area contributed by atoms with Crippen LogP contribution in [0.3, 0.4) is 0 Å². The van der Waals surface area contributed by atoms with E-state index in [1.807, 2.05) is 4.90 Å². The van der Waals surface area contributed by atoms with Gasteiger partial charge in [-0.1, -0.05) is 18.5 Å². The minimum absolute atomic E-state index is 0.0862. The van der Waals surface area contributed by atoms with Crippen LogP contribution in [0.1, 0.15) is 49.4 Å². The molecule has 0 N–H and O–H groups in total. The van der Waals surface area contributed by atoms with Gasteiger partial charge in [0.25, 0.3) is 5.91 Å². The van der Waals surface area contributed by atoms with Crippen molar-refractivity contribution in [2.24, 2.45) is 5.92 Å². The topological polar surface area (TPSA) is 53.1 Å². The maximum atomic E-state index is 12.9. The van der Waals surface area contributed by atoms with E-state index in [-0.39, 0.29) is 11.8 Å². The van der Waals surface area contributed by atoms with Gasteiger partial charge in [0.1, 0.15) is 12.4 Å². The number of hydrogen-bond acceptors (Lipinski definition) is 4. The van der Waals surface area contributed by atoms with Gasteiger partial charge >= 0.3 is 0 Å². The molecule has 1 aromatic carbocycles. The van der Waals surface area contributed by atoms with Crippen LogP contribution in [0.4, 0.5) is 0 Å². The second kappa shape index (κ2) is 11.0. The Balaban J connectivity index is 1.60. The van der Waals surface area contributed by atoms with E-state index in [1.165, 1.54) is 12.8 Å². The highest BCUT2D eigenvalue weighted by molar-refractivity contribution is 6.31. The molecule has 0 bridgehead atoms. The first-order valence-electron chi connectivity index (χ1n) is 11.1. The average molecular weight is 436 g/mol. The Morgan fingerprint density at radius 1 is 1.13 bits per heavy atom. The van der Waals surface area contributed by atoms with E-state index in [9.17, 15) is 9.59 Å². The largest absolute Gasteiger partial charge is 0.491 e. The van der Waals surface area contributed by atoms with Crippen molar-refractivity contribution in [1.82, 2.24) is 14.7 Å². The molecule has 2 aliphatic rings. The van der Waals surface area contributed by atoms with E-state index in [0.717, 1.165) is 38.4 Å². The Kier molecular flexibility index (Phi) is 8.40. The van der Waals surface area contributed by atoms with Gasteiger partial charge < -0.3 is 19.4 Å². The first kappa shape index (κ1) is 22.9. The molecule has 1 fully saturated rings. The number of fused-ring (bicyclic) bond motifs is 1. The number of nitrogens with zero attached hydrogens (tertiary/aromatic N) is 3. The fourth-order valence-corrected chi connectivity index (χ4v) is 4.25. The van der Waals surface area contributed by atoms with Gasteiger partial charge in [0.15, 0.2) is 0 Å². The molecular weight excluding hydrogens is 402 g/mol. The summed E-state index contributed by atoms with van der Waals surface area (Å²) >= 11 is 6.10. The number of ether oxygens (including phenoxy) is 1. The minimum atomic E-state index is -0.0862. The van der Waals surface area contributed by atoms with Crippen LogP contribution in [0, 0.1) is 5.92 Å². The summed E-state index contributed by atoms with van der Waals surface area (Å²) in [5.74, 6) is 1.42. The average Bonchev–Trinajstić information content (AvgIpc) is 2.74. The number of halogens is 1. The predicted octanol–water partition coefficient (Wildman–Crippen LogP) is 3.54. The van der Waals surface area contributed by atoms with Crippen LogP contribution in [-0.2, 0) is 4.79 Å². The smallest absolute Gasteiger partial charge is 0.257 e. The number of likely N-dealkylation sites (tertiary alicyclic amines) is 1. The zero-order valence-electron chi connectivity index (χ0n) is 18.2. The standard InChI is InChI=1S/C23H34ClN3O3/c1-18-7-12-26(13-8-18)14-9-22(28)27-11-4-3-10-25(2)23(29)20-17-19(24)5-6-21(20)30-16-15-27/h5-6,17-18H,3-4,7-16H2,1-2H3. The van der Waals surface area contributed by atoms with Crippen molar-refractivity contribution in [2.75, 3.05) is 52.9 Å². The number of piperidine rings is 1. The molecular formula is C23H34ClN3O3. The van der Waals surface area contributed by atoms with Crippen LogP contribution in [-0.4, -0.2) is 79.4 Å². The van der Waals surface area contributed by atoms with Crippen LogP contribution in [0.2, 0.25) is 5.02 Å². The first-order chi connectivity index (χ1) is 14.4. The summed E-state index contributed by atoms with van der Waals surface area (Å²) in [5, 5.41) is 0.509. The number of rotatable bonds is 3. The molecule has 1 saturated heterocycles. The van der Waals surface area contributed by atoms with Gasteiger partial charge in [0, 0.05) is 38.1 Å². The number of carbonyl (C=O) groups is 2. The predicted molar refractivity (Wildman–Crippen MR) is 119 cm³/mol. The molecule has 0 spiro atoms. The van der Waals surface area contributed by atoms with Crippen molar-refractivity contribution >= 4 is 23.4 Å². The van der Waals surface area contributed by atoms with Crippen LogP contribution < -0.4 is 4.74 Å². The molecule has 6 nitrogen and oxygen atoms in total. The lowest BCUT2D eigenvalue weighted by molar-refractivity contribution is -0.132. The summed E-state index contributed by atoms with van der Waals surface area (Å²) in [6.07, 6.45) is 4.72. The Morgan fingerprint density at radius 2 is 1.87 bits per heavy atom. The number of benzene rings is 1. The third-order valence-electron chi connectivity index (χ3n) is 6.18. The van der Waals surface area contributed by atoms with Crippen LogP contribution >= 0.6 is 11.6 Å². The first-order valence-corrected chi connectivity index (χ1v) is 11.5. The summed E-state index contributed by atoms with van der Waals surface area (Å²) < 4.78 is 5.91. The van der Waals surface area contributed by atoms with E-state index in [2.05, 4.69) is 11.8 Å². The van der Waals surface area contributed by atoms with E-state index in [0.29, 0.717) is 49.0 Å². The van der Waals surface area contributed by atoms with Crippen molar-refractivity contribution in [3.8, 4) is 5.75 Å². The van der Waals surface area contributed by atoms with Gasteiger partial charge in [-0.05, 0) is 62.9 Å².